The first-order valence-corrected chi connectivity index (χ1v) is 5.44. The molecule has 0 unspecified atom stereocenters. The Morgan fingerprint density at radius 1 is 1.47 bits per heavy atom. The Hall–Kier alpha value is -0.100. The van der Waals surface area contributed by atoms with Crippen LogP contribution in [0.4, 0.5) is 0 Å². The summed E-state index contributed by atoms with van der Waals surface area (Å²) in [4.78, 5) is 10.9. The molecule has 1 fully saturated rings. The van der Waals surface area contributed by atoms with Gasteiger partial charge in [-0.25, -0.2) is 0 Å². The highest BCUT2D eigenvalue weighted by Gasteiger charge is 2.28. The van der Waals surface area contributed by atoms with Gasteiger partial charge in [-0.05, 0) is 46.3 Å². The topological polar surface area (TPSA) is 26.3 Å². The number of esters is 1. The maximum Gasteiger partial charge on any atom is 0.308 e. The fourth-order valence-corrected chi connectivity index (χ4v) is 1.96. The molecular weight excluding hydrogens is 371 g/mol. The van der Waals surface area contributed by atoms with Crippen LogP contribution in [-0.4, -0.2) is 5.97 Å². The van der Waals surface area contributed by atoms with E-state index in [4.69, 9.17) is 4.74 Å². The second-order valence-electron chi connectivity index (χ2n) is 3.53. The number of ether oxygens (including phenoxy) is 1. The summed E-state index contributed by atoms with van der Waals surface area (Å²) in [5, 5.41) is 0. The van der Waals surface area contributed by atoms with Gasteiger partial charge >= 0.3 is 5.97 Å². The molecule has 82 valence electrons. The number of carbonyl (C=O) groups is 1. The van der Waals surface area contributed by atoms with Crippen molar-refractivity contribution < 1.29 is 9.53 Å². The smallest absolute Gasteiger partial charge is 0.308 e. The first-order valence-electron chi connectivity index (χ1n) is 4.65. The molecule has 1 aliphatic carbocycles. The predicted octanol–water partition coefficient (Wildman–Crippen LogP) is 3.87. The molecule has 1 aromatic carbocycles. The van der Waals surface area contributed by atoms with E-state index in [0.29, 0.717) is 11.7 Å². The summed E-state index contributed by atoms with van der Waals surface area (Å²) in [5.41, 5.74) is 1.15. The van der Waals surface area contributed by atoms with Crippen LogP contribution in [0.3, 0.4) is 0 Å². The molecule has 1 aromatic rings. The lowest BCUT2D eigenvalue weighted by Gasteiger charge is -2.09. The number of benzene rings is 1. The summed E-state index contributed by atoms with van der Waals surface area (Å²) in [6.45, 7) is 1.43. The Kier molecular flexibility index (Phi) is 4.58. The van der Waals surface area contributed by atoms with E-state index >= 15 is 0 Å². The van der Waals surface area contributed by atoms with Gasteiger partial charge in [-0.1, -0.05) is 12.1 Å². The zero-order valence-electron chi connectivity index (χ0n) is 8.33. The fraction of sp³-hybridized carbons (Fsp3) is 0.364. The molecular formula is C11H12BrIO2. The van der Waals surface area contributed by atoms with Gasteiger partial charge in [0.25, 0.3) is 0 Å². The Morgan fingerprint density at radius 2 is 2.13 bits per heavy atom. The van der Waals surface area contributed by atoms with E-state index in [1.54, 1.807) is 0 Å². The first kappa shape index (κ1) is 13.0. The van der Waals surface area contributed by atoms with Crippen molar-refractivity contribution in [1.29, 1.82) is 0 Å². The second kappa shape index (κ2) is 5.30. The molecule has 4 heteroatoms. The van der Waals surface area contributed by atoms with E-state index in [0.717, 1.165) is 10.0 Å². The minimum atomic E-state index is -0.265. The van der Waals surface area contributed by atoms with Crippen LogP contribution in [0.25, 0.3) is 0 Å². The van der Waals surface area contributed by atoms with Crippen molar-refractivity contribution in [2.24, 2.45) is 0 Å². The number of rotatable bonds is 2. The van der Waals surface area contributed by atoms with Crippen molar-refractivity contribution in [2.75, 3.05) is 0 Å². The zero-order valence-corrected chi connectivity index (χ0v) is 12.2. The summed E-state index contributed by atoms with van der Waals surface area (Å²) >= 11 is 3.39. The van der Waals surface area contributed by atoms with E-state index < -0.39 is 0 Å². The molecule has 0 aliphatic heterocycles. The fourth-order valence-electron chi connectivity index (χ4n) is 1.49. The van der Waals surface area contributed by atoms with Gasteiger partial charge in [0, 0.05) is 6.92 Å². The van der Waals surface area contributed by atoms with Gasteiger partial charge in [0.1, 0.15) is 5.75 Å². The number of para-hydroxylation sites is 1. The van der Waals surface area contributed by atoms with Crippen molar-refractivity contribution >= 4 is 45.9 Å². The average Bonchev–Trinajstić information content (AvgIpc) is 2.90. The zero-order chi connectivity index (χ0) is 10.1. The molecule has 0 radical (unpaired) electrons. The third-order valence-corrected chi connectivity index (χ3v) is 2.88. The second-order valence-corrected chi connectivity index (χ2v) is 4.38. The molecule has 0 atom stereocenters. The quantitative estimate of drug-likeness (QED) is 0.441. The highest BCUT2D eigenvalue weighted by atomic mass is 127. The Bertz CT molecular complexity index is 375. The van der Waals surface area contributed by atoms with Gasteiger partial charge in [0.15, 0.2) is 0 Å². The number of hydrogen-bond donors (Lipinski definition) is 0. The predicted molar refractivity (Wildman–Crippen MR) is 72.8 cm³/mol. The lowest BCUT2D eigenvalue weighted by molar-refractivity contribution is -0.131. The average molecular weight is 383 g/mol. The van der Waals surface area contributed by atoms with Crippen LogP contribution in [0, 0.1) is 0 Å². The van der Waals surface area contributed by atoms with Crippen LogP contribution >= 0.6 is 39.9 Å². The number of carbonyl (C=O) groups excluding carboxylic acids is 1. The maximum atomic E-state index is 10.9. The van der Waals surface area contributed by atoms with Gasteiger partial charge < -0.3 is 4.74 Å². The monoisotopic (exact) mass is 382 g/mol. The normalized spacial score (nSPS) is 14.3. The van der Waals surface area contributed by atoms with Gasteiger partial charge in [0.05, 0.1) is 4.47 Å². The molecule has 0 saturated heterocycles. The summed E-state index contributed by atoms with van der Waals surface area (Å²) in [5.74, 6) is 1.02. The minimum Gasteiger partial charge on any atom is -0.425 e. The minimum absolute atomic E-state index is 0. The standard InChI is InChI=1S/C11H11BrO2.HI/c1-7(13)14-11-9(8-5-6-8)3-2-4-10(11)12;/h2-4,8H,5-6H2,1H3;1H. The van der Waals surface area contributed by atoms with Gasteiger partial charge in [-0.15, -0.1) is 24.0 Å². The van der Waals surface area contributed by atoms with E-state index in [2.05, 4.69) is 15.9 Å². The van der Waals surface area contributed by atoms with Crippen molar-refractivity contribution in [3.05, 3.63) is 28.2 Å². The van der Waals surface area contributed by atoms with Crippen LogP contribution in [0.1, 0.15) is 31.2 Å². The van der Waals surface area contributed by atoms with Crippen LogP contribution in [0.15, 0.2) is 22.7 Å². The molecule has 0 heterocycles. The van der Waals surface area contributed by atoms with Crippen LogP contribution in [0.2, 0.25) is 0 Å². The van der Waals surface area contributed by atoms with E-state index in [-0.39, 0.29) is 29.9 Å². The maximum absolute atomic E-state index is 10.9. The Balaban J connectivity index is 0.00000112. The van der Waals surface area contributed by atoms with E-state index in [1.807, 2.05) is 18.2 Å². The SMILES string of the molecule is CC(=O)Oc1c(Br)cccc1C1CC1.I. The lowest BCUT2D eigenvalue weighted by Crippen LogP contribution is -2.04. The van der Waals surface area contributed by atoms with E-state index in [1.165, 1.54) is 19.8 Å². The van der Waals surface area contributed by atoms with Crippen LogP contribution in [0.5, 0.6) is 5.75 Å². The van der Waals surface area contributed by atoms with Gasteiger partial charge in [0.2, 0.25) is 0 Å². The lowest BCUT2D eigenvalue weighted by atomic mass is 10.1. The molecule has 1 saturated carbocycles. The molecule has 15 heavy (non-hydrogen) atoms. The third kappa shape index (κ3) is 3.17. The number of halogens is 2. The summed E-state index contributed by atoms with van der Waals surface area (Å²) in [6, 6.07) is 5.90. The van der Waals surface area contributed by atoms with E-state index in [9.17, 15) is 4.79 Å². The van der Waals surface area contributed by atoms with Crippen LogP contribution < -0.4 is 4.74 Å². The van der Waals surface area contributed by atoms with Crippen molar-refractivity contribution in [2.45, 2.75) is 25.7 Å². The molecule has 0 bridgehead atoms. The number of hydrogen-bond acceptors (Lipinski definition) is 2. The molecule has 0 aromatic heterocycles. The molecule has 2 nitrogen and oxygen atoms in total. The van der Waals surface area contributed by atoms with Crippen molar-refractivity contribution in [3.8, 4) is 5.75 Å². The third-order valence-electron chi connectivity index (χ3n) is 2.26. The largest absolute Gasteiger partial charge is 0.425 e. The van der Waals surface area contributed by atoms with Crippen molar-refractivity contribution in [3.63, 3.8) is 0 Å². The summed E-state index contributed by atoms with van der Waals surface area (Å²) in [7, 11) is 0. The Labute approximate surface area is 115 Å². The van der Waals surface area contributed by atoms with Crippen LogP contribution in [-0.2, 0) is 4.79 Å². The molecule has 0 spiro atoms. The van der Waals surface area contributed by atoms with Gasteiger partial charge in [-0.3, -0.25) is 4.79 Å². The van der Waals surface area contributed by atoms with Crippen molar-refractivity contribution in [1.82, 2.24) is 0 Å². The Morgan fingerprint density at radius 3 is 2.67 bits per heavy atom. The molecule has 0 N–H and O–H groups in total. The summed E-state index contributed by atoms with van der Waals surface area (Å²) < 4.78 is 6.05. The molecule has 2 rings (SSSR count). The van der Waals surface area contributed by atoms with Gasteiger partial charge in [-0.2, -0.15) is 0 Å². The first-order chi connectivity index (χ1) is 6.68. The molecule has 0 amide bonds. The molecule has 1 aliphatic rings. The highest BCUT2D eigenvalue weighted by Crippen LogP contribution is 2.46. The highest BCUT2D eigenvalue weighted by molar-refractivity contribution is 14.0. The summed E-state index contributed by atoms with van der Waals surface area (Å²) in [6.07, 6.45) is 2.40.